The summed E-state index contributed by atoms with van der Waals surface area (Å²) in [5, 5.41) is 0. The first-order chi connectivity index (χ1) is 6.81. The number of benzene rings is 1. The van der Waals surface area contributed by atoms with Gasteiger partial charge in [-0.2, -0.15) is 0 Å². The van der Waals surface area contributed by atoms with Gasteiger partial charge in [0.2, 0.25) is 5.91 Å². The number of hydrogen-bond acceptors (Lipinski definition) is 1. The normalized spacial score (nSPS) is 16.4. The average Bonchev–Trinajstić information content (AvgIpc) is 2.38. The second kappa shape index (κ2) is 3.82. The largest absolute Gasteiger partial charge is 0.339 e. The number of fused-ring (bicyclic) bond motifs is 1. The van der Waals surface area contributed by atoms with E-state index in [2.05, 4.69) is 12.1 Å². The summed E-state index contributed by atoms with van der Waals surface area (Å²) in [6.07, 6.45) is 1.55. The molecular formula is C12H15NO. The molecule has 0 unspecified atom stereocenters. The zero-order valence-corrected chi connectivity index (χ0v) is 8.49. The van der Waals surface area contributed by atoms with Crippen molar-refractivity contribution >= 4 is 5.91 Å². The highest BCUT2D eigenvalue weighted by Gasteiger charge is 2.17. The summed E-state index contributed by atoms with van der Waals surface area (Å²) >= 11 is 0. The van der Waals surface area contributed by atoms with Crippen LogP contribution in [-0.2, 0) is 17.8 Å². The summed E-state index contributed by atoms with van der Waals surface area (Å²) in [6, 6.07) is 8.34. The van der Waals surface area contributed by atoms with Crippen LogP contribution in [0.25, 0.3) is 0 Å². The lowest BCUT2D eigenvalue weighted by atomic mass is 10.0. The maximum atomic E-state index is 11.6. The lowest BCUT2D eigenvalue weighted by Crippen LogP contribution is -2.28. The van der Waals surface area contributed by atoms with E-state index < -0.39 is 0 Å². The van der Waals surface area contributed by atoms with Crippen molar-refractivity contribution in [3.05, 3.63) is 35.4 Å². The van der Waals surface area contributed by atoms with Gasteiger partial charge in [-0.05, 0) is 24.5 Å². The first kappa shape index (κ1) is 9.25. The molecule has 0 atom stereocenters. The van der Waals surface area contributed by atoms with Gasteiger partial charge in [0.15, 0.2) is 0 Å². The van der Waals surface area contributed by atoms with Crippen LogP contribution in [0, 0.1) is 0 Å². The SMILES string of the molecule is CCN1Cc2ccccc2CCC1=O. The van der Waals surface area contributed by atoms with Crippen molar-refractivity contribution in [2.24, 2.45) is 0 Å². The van der Waals surface area contributed by atoms with Gasteiger partial charge in [-0.25, -0.2) is 0 Å². The number of amides is 1. The lowest BCUT2D eigenvalue weighted by Gasteiger charge is -2.18. The molecule has 1 aliphatic heterocycles. The maximum Gasteiger partial charge on any atom is 0.223 e. The number of carbonyl (C=O) groups is 1. The van der Waals surface area contributed by atoms with Gasteiger partial charge in [0.05, 0.1) is 0 Å². The molecule has 0 aromatic heterocycles. The highest BCUT2D eigenvalue weighted by Crippen LogP contribution is 2.18. The van der Waals surface area contributed by atoms with Crippen LogP contribution in [-0.4, -0.2) is 17.4 Å². The minimum atomic E-state index is 0.281. The summed E-state index contributed by atoms with van der Waals surface area (Å²) in [7, 11) is 0. The predicted molar refractivity (Wildman–Crippen MR) is 55.9 cm³/mol. The third-order valence-corrected chi connectivity index (χ3v) is 2.82. The van der Waals surface area contributed by atoms with E-state index in [1.54, 1.807) is 0 Å². The van der Waals surface area contributed by atoms with Gasteiger partial charge in [-0.1, -0.05) is 24.3 Å². The van der Waals surface area contributed by atoms with Crippen LogP contribution in [0.2, 0.25) is 0 Å². The smallest absolute Gasteiger partial charge is 0.223 e. The van der Waals surface area contributed by atoms with Gasteiger partial charge in [-0.3, -0.25) is 4.79 Å². The third-order valence-electron chi connectivity index (χ3n) is 2.82. The first-order valence-corrected chi connectivity index (χ1v) is 5.16. The molecule has 0 spiro atoms. The highest BCUT2D eigenvalue weighted by atomic mass is 16.2. The second-order valence-electron chi connectivity index (χ2n) is 3.68. The molecule has 1 heterocycles. The van der Waals surface area contributed by atoms with Crippen LogP contribution < -0.4 is 0 Å². The average molecular weight is 189 g/mol. The van der Waals surface area contributed by atoms with Crippen molar-refractivity contribution in [2.45, 2.75) is 26.3 Å². The Morgan fingerprint density at radius 3 is 2.64 bits per heavy atom. The number of carbonyl (C=O) groups excluding carboxylic acids is 1. The third kappa shape index (κ3) is 1.65. The minimum absolute atomic E-state index is 0.281. The monoisotopic (exact) mass is 189 g/mol. The van der Waals surface area contributed by atoms with Gasteiger partial charge < -0.3 is 4.90 Å². The number of hydrogen-bond donors (Lipinski definition) is 0. The number of aryl methyl sites for hydroxylation is 1. The van der Waals surface area contributed by atoms with Crippen molar-refractivity contribution in [1.29, 1.82) is 0 Å². The Morgan fingerprint density at radius 2 is 1.93 bits per heavy atom. The molecule has 0 N–H and O–H groups in total. The predicted octanol–water partition coefficient (Wildman–Crippen LogP) is 1.98. The molecule has 0 aliphatic carbocycles. The van der Waals surface area contributed by atoms with Gasteiger partial charge in [0, 0.05) is 19.5 Å². The number of rotatable bonds is 1. The van der Waals surface area contributed by atoms with Crippen LogP contribution >= 0.6 is 0 Å². The molecule has 1 aliphatic rings. The topological polar surface area (TPSA) is 20.3 Å². The van der Waals surface area contributed by atoms with E-state index in [0.717, 1.165) is 19.5 Å². The molecule has 1 amide bonds. The summed E-state index contributed by atoms with van der Waals surface area (Å²) in [6.45, 7) is 3.63. The summed E-state index contributed by atoms with van der Waals surface area (Å²) in [5.74, 6) is 0.281. The van der Waals surface area contributed by atoms with Crippen molar-refractivity contribution in [1.82, 2.24) is 4.90 Å². The first-order valence-electron chi connectivity index (χ1n) is 5.16. The Morgan fingerprint density at radius 1 is 1.21 bits per heavy atom. The second-order valence-corrected chi connectivity index (χ2v) is 3.68. The molecule has 0 saturated heterocycles. The van der Waals surface area contributed by atoms with E-state index in [9.17, 15) is 4.79 Å². The van der Waals surface area contributed by atoms with Crippen LogP contribution in [0.5, 0.6) is 0 Å². The summed E-state index contributed by atoms with van der Waals surface area (Å²) in [4.78, 5) is 13.6. The van der Waals surface area contributed by atoms with Gasteiger partial charge in [-0.15, -0.1) is 0 Å². The van der Waals surface area contributed by atoms with Gasteiger partial charge in [0.25, 0.3) is 0 Å². The molecule has 2 heteroatoms. The molecule has 14 heavy (non-hydrogen) atoms. The fourth-order valence-corrected chi connectivity index (χ4v) is 1.94. The van der Waals surface area contributed by atoms with E-state index in [4.69, 9.17) is 0 Å². The zero-order valence-electron chi connectivity index (χ0n) is 8.49. The Labute approximate surface area is 84.5 Å². The molecular weight excluding hydrogens is 174 g/mol. The van der Waals surface area contributed by atoms with Crippen LogP contribution in [0.3, 0.4) is 0 Å². The zero-order chi connectivity index (χ0) is 9.97. The Bertz CT molecular complexity index is 346. The lowest BCUT2D eigenvalue weighted by molar-refractivity contribution is -0.131. The van der Waals surface area contributed by atoms with E-state index in [0.29, 0.717) is 6.42 Å². The van der Waals surface area contributed by atoms with Crippen molar-refractivity contribution in [3.63, 3.8) is 0 Å². The van der Waals surface area contributed by atoms with Crippen LogP contribution in [0.4, 0.5) is 0 Å². The van der Waals surface area contributed by atoms with Gasteiger partial charge in [0.1, 0.15) is 0 Å². The Kier molecular flexibility index (Phi) is 2.53. The van der Waals surface area contributed by atoms with E-state index in [1.165, 1.54) is 11.1 Å². The molecule has 0 bridgehead atoms. The van der Waals surface area contributed by atoms with Crippen LogP contribution in [0.15, 0.2) is 24.3 Å². The Hall–Kier alpha value is -1.31. The molecule has 1 aromatic carbocycles. The van der Waals surface area contributed by atoms with Gasteiger partial charge >= 0.3 is 0 Å². The molecule has 0 radical (unpaired) electrons. The summed E-state index contributed by atoms with van der Waals surface area (Å²) in [5.41, 5.74) is 2.64. The fourth-order valence-electron chi connectivity index (χ4n) is 1.94. The van der Waals surface area contributed by atoms with Crippen molar-refractivity contribution < 1.29 is 4.79 Å². The molecule has 0 saturated carbocycles. The van der Waals surface area contributed by atoms with E-state index in [1.807, 2.05) is 24.0 Å². The van der Waals surface area contributed by atoms with E-state index >= 15 is 0 Å². The van der Waals surface area contributed by atoms with E-state index in [-0.39, 0.29) is 5.91 Å². The molecule has 2 nitrogen and oxygen atoms in total. The minimum Gasteiger partial charge on any atom is -0.339 e. The van der Waals surface area contributed by atoms with Crippen LogP contribution in [0.1, 0.15) is 24.5 Å². The van der Waals surface area contributed by atoms with Crippen molar-refractivity contribution in [3.8, 4) is 0 Å². The highest BCUT2D eigenvalue weighted by molar-refractivity contribution is 5.77. The maximum absolute atomic E-state index is 11.6. The standard InChI is InChI=1S/C12H15NO/c1-2-13-9-11-6-4-3-5-10(11)7-8-12(13)14/h3-6H,2,7-9H2,1H3. The summed E-state index contributed by atoms with van der Waals surface area (Å²) < 4.78 is 0. The quantitative estimate of drug-likeness (QED) is 0.661. The molecule has 0 fully saturated rings. The fraction of sp³-hybridized carbons (Fsp3) is 0.417. The Balaban J connectivity index is 2.31. The van der Waals surface area contributed by atoms with Crippen molar-refractivity contribution in [2.75, 3.05) is 6.54 Å². The molecule has 2 rings (SSSR count). The molecule has 1 aromatic rings. The molecule has 74 valence electrons. The number of nitrogens with zero attached hydrogens (tertiary/aromatic N) is 1.